The van der Waals surface area contributed by atoms with E-state index >= 15 is 0 Å². The third-order valence-corrected chi connectivity index (χ3v) is 3.36. The Hall–Kier alpha value is -1.58. The minimum Gasteiger partial charge on any atom is -0.399 e. The fourth-order valence-corrected chi connectivity index (χ4v) is 2.28. The van der Waals surface area contributed by atoms with E-state index in [0.29, 0.717) is 24.2 Å². The number of nitrogen functional groups attached to an aromatic ring is 1. The van der Waals surface area contributed by atoms with Crippen LogP contribution in [0.2, 0.25) is 0 Å². The largest absolute Gasteiger partial charge is 0.399 e. The maximum absolute atomic E-state index is 13.7. The van der Waals surface area contributed by atoms with Crippen molar-refractivity contribution in [1.29, 1.82) is 0 Å². The number of rotatable bonds is 2. The van der Waals surface area contributed by atoms with Crippen molar-refractivity contribution in [3.8, 4) is 0 Å². The first-order chi connectivity index (χ1) is 8.66. The SMILES string of the molecule is Nc1ccc(CN2CCCCCCC2=O)c(F)c1. The van der Waals surface area contributed by atoms with Gasteiger partial charge in [0.15, 0.2) is 0 Å². The van der Waals surface area contributed by atoms with Gasteiger partial charge in [0, 0.05) is 30.8 Å². The van der Waals surface area contributed by atoms with E-state index in [0.717, 1.165) is 32.2 Å². The maximum Gasteiger partial charge on any atom is 0.222 e. The van der Waals surface area contributed by atoms with Crippen LogP contribution in [0.5, 0.6) is 0 Å². The number of carbonyl (C=O) groups excluding carboxylic acids is 1. The molecule has 1 amide bonds. The summed E-state index contributed by atoms with van der Waals surface area (Å²) in [6.45, 7) is 1.08. The van der Waals surface area contributed by atoms with E-state index in [1.165, 1.54) is 6.07 Å². The van der Waals surface area contributed by atoms with Gasteiger partial charge in [-0.25, -0.2) is 4.39 Å². The van der Waals surface area contributed by atoms with Gasteiger partial charge in [0.2, 0.25) is 5.91 Å². The highest BCUT2D eigenvalue weighted by Crippen LogP contribution is 2.17. The summed E-state index contributed by atoms with van der Waals surface area (Å²) in [5.41, 5.74) is 6.47. The van der Waals surface area contributed by atoms with Crippen LogP contribution in [0.3, 0.4) is 0 Å². The van der Waals surface area contributed by atoms with Crippen LogP contribution < -0.4 is 5.73 Å². The van der Waals surface area contributed by atoms with Crippen LogP contribution in [0.1, 0.15) is 37.7 Å². The molecule has 1 aliphatic rings. The lowest BCUT2D eigenvalue weighted by Crippen LogP contribution is -2.32. The lowest BCUT2D eigenvalue weighted by molar-refractivity contribution is -0.132. The van der Waals surface area contributed by atoms with Crippen molar-refractivity contribution in [2.24, 2.45) is 0 Å². The number of anilines is 1. The Balaban J connectivity index is 2.08. The number of halogens is 1. The van der Waals surface area contributed by atoms with Crippen molar-refractivity contribution in [3.63, 3.8) is 0 Å². The normalized spacial score (nSPS) is 17.4. The second-order valence-corrected chi connectivity index (χ2v) is 4.83. The number of nitrogens with zero attached hydrogens (tertiary/aromatic N) is 1. The van der Waals surface area contributed by atoms with Gasteiger partial charge in [-0.05, 0) is 25.0 Å². The summed E-state index contributed by atoms with van der Waals surface area (Å²) in [6.07, 6.45) is 4.79. The number of benzene rings is 1. The van der Waals surface area contributed by atoms with Crippen LogP contribution in [-0.4, -0.2) is 17.4 Å². The quantitative estimate of drug-likeness (QED) is 0.820. The van der Waals surface area contributed by atoms with Gasteiger partial charge in [0.1, 0.15) is 5.82 Å². The smallest absolute Gasteiger partial charge is 0.222 e. The zero-order valence-electron chi connectivity index (χ0n) is 10.5. The van der Waals surface area contributed by atoms with Crippen molar-refractivity contribution < 1.29 is 9.18 Å². The number of hydrogen-bond acceptors (Lipinski definition) is 2. The molecule has 1 aromatic rings. The summed E-state index contributed by atoms with van der Waals surface area (Å²) in [6, 6.07) is 4.65. The number of likely N-dealkylation sites (tertiary alicyclic amines) is 1. The third kappa shape index (κ3) is 3.22. The van der Waals surface area contributed by atoms with Gasteiger partial charge in [-0.2, -0.15) is 0 Å². The highest BCUT2D eigenvalue weighted by molar-refractivity contribution is 5.76. The van der Waals surface area contributed by atoms with Crippen LogP contribution in [0.25, 0.3) is 0 Å². The maximum atomic E-state index is 13.7. The van der Waals surface area contributed by atoms with Gasteiger partial charge < -0.3 is 10.6 Å². The molecule has 4 heteroatoms. The molecule has 2 N–H and O–H groups in total. The van der Waals surface area contributed by atoms with Crippen LogP contribution in [0.4, 0.5) is 10.1 Å². The molecule has 0 radical (unpaired) electrons. The fourth-order valence-electron chi connectivity index (χ4n) is 2.28. The molecule has 3 nitrogen and oxygen atoms in total. The summed E-state index contributed by atoms with van der Waals surface area (Å²) in [7, 11) is 0. The Bertz CT molecular complexity index is 434. The molecule has 1 heterocycles. The number of carbonyl (C=O) groups is 1. The summed E-state index contributed by atoms with van der Waals surface area (Å²) in [4.78, 5) is 13.7. The Labute approximate surface area is 107 Å². The van der Waals surface area contributed by atoms with E-state index in [1.807, 2.05) is 0 Å². The molecule has 0 aliphatic carbocycles. The first kappa shape index (κ1) is 12.9. The summed E-state index contributed by atoms with van der Waals surface area (Å²) in [5.74, 6) is -0.198. The van der Waals surface area contributed by atoms with Gasteiger partial charge >= 0.3 is 0 Å². The van der Waals surface area contributed by atoms with E-state index in [4.69, 9.17) is 5.73 Å². The highest BCUT2D eigenvalue weighted by atomic mass is 19.1. The summed E-state index contributed by atoms with van der Waals surface area (Å²) in [5, 5.41) is 0. The van der Waals surface area contributed by atoms with Crippen LogP contribution in [0.15, 0.2) is 18.2 Å². The second kappa shape index (κ2) is 5.85. The van der Waals surface area contributed by atoms with Gasteiger partial charge in [0.25, 0.3) is 0 Å². The number of hydrogen-bond donors (Lipinski definition) is 1. The molecular weight excluding hydrogens is 231 g/mol. The average Bonchev–Trinajstić information content (AvgIpc) is 2.31. The average molecular weight is 250 g/mol. The molecule has 1 aromatic carbocycles. The highest BCUT2D eigenvalue weighted by Gasteiger charge is 2.17. The third-order valence-electron chi connectivity index (χ3n) is 3.36. The molecule has 0 unspecified atom stereocenters. The van der Waals surface area contributed by atoms with Crippen molar-refractivity contribution in [2.75, 3.05) is 12.3 Å². The van der Waals surface area contributed by atoms with Crippen LogP contribution >= 0.6 is 0 Å². The molecule has 0 bridgehead atoms. The van der Waals surface area contributed by atoms with Crippen LogP contribution in [0, 0.1) is 5.82 Å². The Morgan fingerprint density at radius 1 is 1.22 bits per heavy atom. The molecule has 2 rings (SSSR count). The Morgan fingerprint density at radius 2 is 2.00 bits per heavy atom. The lowest BCUT2D eigenvalue weighted by atomic mass is 10.1. The van der Waals surface area contributed by atoms with Crippen molar-refractivity contribution in [2.45, 2.75) is 38.6 Å². The molecule has 1 aliphatic heterocycles. The van der Waals surface area contributed by atoms with Gasteiger partial charge in [-0.15, -0.1) is 0 Å². The molecule has 98 valence electrons. The Kier molecular flexibility index (Phi) is 4.18. The summed E-state index contributed by atoms with van der Waals surface area (Å²) < 4.78 is 13.7. The van der Waals surface area contributed by atoms with E-state index in [1.54, 1.807) is 17.0 Å². The molecule has 1 fully saturated rings. The fraction of sp³-hybridized carbons (Fsp3) is 0.500. The van der Waals surface area contributed by atoms with E-state index in [-0.39, 0.29) is 11.7 Å². The van der Waals surface area contributed by atoms with Crippen molar-refractivity contribution >= 4 is 11.6 Å². The molecule has 0 saturated carbocycles. The lowest BCUT2D eigenvalue weighted by Gasteiger charge is -2.25. The second-order valence-electron chi connectivity index (χ2n) is 4.83. The van der Waals surface area contributed by atoms with Gasteiger partial charge in [-0.1, -0.05) is 18.9 Å². The van der Waals surface area contributed by atoms with E-state index in [9.17, 15) is 9.18 Å². The standard InChI is InChI=1S/C14H19FN2O/c15-13-9-12(16)7-6-11(13)10-17-8-4-2-1-3-5-14(17)18/h6-7,9H,1-5,8,10,16H2. The predicted octanol–water partition coefficient (Wildman–Crippen LogP) is 2.70. The number of nitrogens with two attached hydrogens (primary N) is 1. The topological polar surface area (TPSA) is 46.3 Å². The van der Waals surface area contributed by atoms with E-state index < -0.39 is 0 Å². The van der Waals surface area contributed by atoms with E-state index in [2.05, 4.69) is 0 Å². The van der Waals surface area contributed by atoms with Crippen molar-refractivity contribution in [3.05, 3.63) is 29.6 Å². The van der Waals surface area contributed by atoms with Crippen molar-refractivity contribution in [1.82, 2.24) is 4.90 Å². The Morgan fingerprint density at radius 3 is 2.78 bits per heavy atom. The first-order valence-corrected chi connectivity index (χ1v) is 6.48. The zero-order chi connectivity index (χ0) is 13.0. The molecular formula is C14H19FN2O. The minimum absolute atomic E-state index is 0.130. The predicted molar refractivity (Wildman–Crippen MR) is 69.3 cm³/mol. The summed E-state index contributed by atoms with van der Waals surface area (Å²) >= 11 is 0. The molecule has 1 saturated heterocycles. The van der Waals surface area contributed by atoms with Gasteiger partial charge in [-0.3, -0.25) is 4.79 Å². The molecule has 0 atom stereocenters. The first-order valence-electron chi connectivity index (χ1n) is 6.48. The number of amides is 1. The van der Waals surface area contributed by atoms with Gasteiger partial charge in [0.05, 0.1) is 0 Å². The van der Waals surface area contributed by atoms with Crippen LogP contribution in [-0.2, 0) is 11.3 Å². The molecule has 0 aromatic heterocycles. The minimum atomic E-state index is -0.329. The monoisotopic (exact) mass is 250 g/mol. The zero-order valence-corrected chi connectivity index (χ0v) is 10.5. The molecule has 18 heavy (non-hydrogen) atoms. The molecule has 0 spiro atoms.